The van der Waals surface area contributed by atoms with Crippen LogP contribution < -0.4 is 5.32 Å². The Balaban J connectivity index is 1.47. The average Bonchev–Trinajstić information content (AvgIpc) is 3.14. The number of hydrogen-bond donors (Lipinski definition) is 1. The van der Waals surface area contributed by atoms with Crippen LogP contribution in [-0.2, 0) is 16.1 Å². The minimum absolute atomic E-state index is 0.165. The lowest BCUT2D eigenvalue weighted by Crippen LogP contribution is -2.30. The molecule has 8 heteroatoms. The summed E-state index contributed by atoms with van der Waals surface area (Å²) in [4.78, 5) is 23.7. The zero-order valence-corrected chi connectivity index (χ0v) is 14.3. The van der Waals surface area contributed by atoms with Gasteiger partial charge in [0.25, 0.3) is 11.8 Å². The first-order valence-electron chi connectivity index (χ1n) is 7.69. The maximum Gasteiger partial charge on any atom is 0.325 e. The first-order chi connectivity index (χ1) is 12.6. The van der Waals surface area contributed by atoms with E-state index in [-0.39, 0.29) is 19.0 Å². The molecule has 1 amide bonds. The summed E-state index contributed by atoms with van der Waals surface area (Å²) in [5.74, 6) is -0.544. The molecule has 0 aliphatic heterocycles. The molecule has 2 aromatic carbocycles. The zero-order valence-electron chi connectivity index (χ0n) is 13.5. The molecule has 26 heavy (non-hydrogen) atoms. The SMILES string of the molecule is O=C(CNC(=O)c1cccc(Cl)c1)OCc1nnc(-c2ccccc2)o1. The fraction of sp³-hybridized carbons (Fsp3) is 0.111. The van der Waals surface area contributed by atoms with Crippen LogP contribution in [-0.4, -0.2) is 28.6 Å². The molecule has 0 spiro atoms. The lowest BCUT2D eigenvalue weighted by Gasteiger charge is -2.05. The number of hydrogen-bond acceptors (Lipinski definition) is 6. The maximum absolute atomic E-state index is 11.9. The van der Waals surface area contributed by atoms with Crippen LogP contribution in [0.3, 0.4) is 0 Å². The molecule has 0 saturated heterocycles. The summed E-state index contributed by atoms with van der Waals surface area (Å²) in [6.07, 6.45) is 0. The second-order valence-corrected chi connectivity index (χ2v) is 5.66. The van der Waals surface area contributed by atoms with E-state index in [1.165, 1.54) is 6.07 Å². The number of aromatic nitrogens is 2. The molecule has 0 aliphatic rings. The summed E-state index contributed by atoms with van der Waals surface area (Å²) in [5.41, 5.74) is 1.13. The van der Waals surface area contributed by atoms with Crippen molar-refractivity contribution in [1.82, 2.24) is 15.5 Å². The van der Waals surface area contributed by atoms with E-state index in [1.54, 1.807) is 18.2 Å². The Morgan fingerprint density at radius 2 is 1.88 bits per heavy atom. The topological polar surface area (TPSA) is 94.3 Å². The van der Waals surface area contributed by atoms with Gasteiger partial charge in [-0.3, -0.25) is 9.59 Å². The highest BCUT2D eigenvalue weighted by Crippen LogP contribution is 2.17. The molecule has 0 saturated carbocycles. The van der Waals surface area contributed by atoms with Gasteiger partial charge in [-0.05, 0) is 30.3 Å². The normalized spacial score (nSPS) is 10.3. The summed E-state index contributed by atoms with van der Waals surface area (Å²) < 4.78 is 10.4. The second-order valence-electron chi connectivity index (χ2n) is 5.22. The van der Waals surface area contributed by atoms with Gasteiger partial charge in [-0.15, -0.1) is 10.2 Å². The van der Waals surface area contributed by atoms with Crippen LogP contribution in [0.4, 0.5) is 0 Å². The van der Waals surface area contributed by atoms with Gasteiger partial charge in [-0.25, -0.2) is 0 Å². The standard InChI is InChI=1S/C18H14ClN3O4/c19-14-8-4-7-13(9-14)17(24)20-10-16(23)25-11-15-21-22-18(26-15)12-5-2-1-3-6-12/h1-9H,10-11H2,(H,20,24). The Morgan fingerprint density at radius 3 is 2.65 bits per heavy atom. The molecule has 0 atom stereocenters. The molecule has 3 aromatic rings. The predicted octanol–water partition coefficient (Wildman–Crippen LogP) is 2.86. The first-order valence-corrected chi connectivity index (χ1v) is 8.07. The van der Waals surface area contributed by atoms with Gasteiger partial charge in [-0.1, -0.05) is 35.9 Å². The summed E-state index contributed by atoms with van der Waals surface area (Å²) >= 11 is 5.82. The number of amides is 1. The smallest absolute Gasteiger partial charge is 0.325 e. The van der Waals surface area contributed by atoms with Crippen LogP contribution in [0.15, 0.2) is 59.0 Å². The number of carbonyl (C=O) groups excluding carboxylic acids is 2. The van der Waals surface area contributed by atoms with Crippen molar-refractivity contribution in [2.45, 2.75) is 6.61 Å². The van der Waals surface area contributed by atoms with Crippen LogP contribution >= 0.6 is 11.6 Å². The Bertz CT molecular complexity index is 912. The molecule has 1 heterocycles. The fourth-order valence-electron chi connectivity index (χ4n) is 2.09. The quantitative estimate of drug-likeness (QED) is 0.669. The highest BCUT2D eigenvalue weighted by Gasteiger charge is 2.12. The van der Waals surface area contributed by atoms with Gasteiger partial charge in [0, 0.05) is 16.1 Å². The zero-order chi connectivity index (χ0) is 18.4. The van der Waals surface area contributed by atoms with E-state index in [0.29, 0.717) is 16.5 Å². The molecule has 132 valence electrons. The van der Waals surface area contributed by atoms with E-state index in [0.717, 1.165) is 5.56 Å². The summed E-state index contributed by atoms with van der Waals surface area (Å²) in [7, 11) is 0. The summed E-state index contributed by atoms with van der Waals surface area (Å²) in [5, 5.41) is 10.6. The van der Waals surface area contributed by atoms with Crippen molar-refractivity contribution in [3.63, 3.8) is 0 Å². The molecule has 1 aromatic heterocycles. The number of esters is 1. The van der Waals surface area contributed by atoms with Crippen molar-refractivity contribution in [3.05, 3.63) is 71.1 Å². The van der Waals surface area contributed by atoms with Crippen LogP contribution in [0.5, 0.6) is 0 Å². The van der Waals surface area contributed by atoms with E-state index >= 15 is 0 Å². The second kappa shape index (κ2) is 8.26. The van der Waals surface area contributed by atoms with Crippen LogP contribution in [0.1, 0.15) is 16.2 Å². The largest absolute Gasteiger partial charge is 0.454 e. The molecular weight excluding hydrogens is 358 g/mol. The van der Waals surface area contributed by atoms with Crippen molar-refractivity contribution in [2.24, 2.45) is 0 Å². The van der Waals surface area contributed by atoms with Crippen LogP contribution in [0.2, 0.25) is 5.02 Å². The molecule has 0 unspecified atom stereocenters. The molecule has 3 rings (SSSR count). The highest BCUT2D eigenvalue weighted by atomic mass is 35.5. The number of rotatable bonds is 6. The average molecular weight is 372 g/mol. The number of halogens is 1. The van der Waals surface area contributed by atoms with Crippen molar-refractivity contribution in [3.8, 4) is 11.5 Å². The molecular formula is C18H14ClN3O4. The number of nitrogens with one attached hydrogen (secondary N) is 1. The lowest BCUT2D eigenvalue weighted by atomic mass is 10.2. The van der Waals surface area contributed by atoms with E-state index in [4.69, 9.17) is 20.8 Å². The molecule has 0 fully saturated rings. The molecule has 1 N–H and O–H groups in total. The summed E-state index contributed by atoms with van der Waals surface area (Å²) in [6, 6.07) is 15.6. The third-order valence-electron chi connectivity index (χ3n) is 3.32. The predicted molar refractivity (Wildman–Crippen MR) is 93.3 cm³/mol. The monoisotopic (exact) mass is 371 g/mol. The number of nitrogens with zero attached hydrogens (tertiary/aromatic N) is 2. The van der Waals surface area contributed by atoms with Gasteiger partial charge in [0.15, 0.2) is 6.61 Å². The van der Waals surface area contributed by atoms with E-state index in [9.17, 15) is 9.59 Å². The minimum Gasteiger partial charge on any atom is -0.454 e. The minimum atomic E-state index is -0.625. The maximum atomic E-state index is 11.9. The Hall–Kier alpha value is -3.19. The Kier molecular flexibility index (Phi) is 5.60. The van der Waals surface area contributed by atoms with Gasteiger partial charge in [0.1, 0.15) is 6.54 Å². The first kappa shape index (κ1) is 17.6. The third-order valence-corrected chi connectivity index (χ3v) is 3.56. The van der Waals surface area contributed by atoms with Crippen molar-refractivity contribution in [2.75, 3.05) is 6.54 Å². The van der Waals surface area contributed by atoms with Gasteiger partial charge in [-0.2, -0.15) is 0 Å². The Labute approximate surface area is 153 Å². The van der Waals surface area contributed by atoms with E-state index < -0.39 is 11.9 Å². The van der Waals surface area contributed by atoms with Crippen molar-refractivity contribution in [1.29, 1.82) is 0 Å². The van der Waals surface area contributed by atoms with Gasteiger partial charge in [0.05, 0.1) is 0 Å². The van der Waals surface area contributed by atoms with Crippen LogP contribution in [0, 0.1) is 0 Å². The van der Waals surface area contributed by atoms with Gasteiger partial charge >= 0.3 is 5.97 Å². The summed E-state index contributed by atoms with van der Waals surface area (Å²) in [6.45, 7) is -0.462. The van der Waals surface area contributed by atoms with Gasteiger partial charge in [0.2, 0.25) is 5.89 Å². The molecule has 0 radical (unpaired) electrons. The van der Waals surface area contributed by atoms with E-state index in [1.807, 2.05) is 30.3 Å². The third kappa shape index (κ3) is 4.67. The lowest BCUT2D eigenvalue weighted by molar-refractivity contribution is -0.144. The van der Waals surface area contributed by atoms with Crippen molar-refractivity contribution >= 4 is 23.5 Å². The Morgan fingerprint density at radius 1 is 1.08 bits per heavy atom. The van der Waals surface area contributed by atoms with E-state index in [2.05, 4.69) is 15.5 Å². The number of benzene rings is 2. The molecule has 7 nitrogen and oxygen atoms in total. The van der Waals surface area contributed by atoms with Crippen LogP contribution in [0.25, 0.3) is 11.5 Å². The number of ether oxygens (including phenoxy) is 1. The molecule has 0 bridgehead atoms. The van der Waals surface area contributed by atoms with Gasteiger partial charge < -0.3 is 14.5 Å². The van der Waals surface area contributed by atoms with Crippen molar-refractivity contribution < 1.29 is 18.7 Å². The fourth-order valence-corrected chi connectivity index (χ4v) is 2.28. The molecule has 0 aliphatic carbocycles. The number of carbonyl (C=O) groups is 2. The highest BCUT2D eigenvalue weighted by molar-refractivity contribution is 6.30.